The Hall–Kier alpha value is -11.7. The van der Waals surface area contributed by atoms with Crippen LogP contribution in [0.4, 0.5) is 17.3 Å². The summed E-state index contributed by atoms with van der Waals surface area (Å²) >= 11 is 0. The SMILES string of the molecule is C=C1NC(=O)CCC1N(C)C1CC(=O)N(C)C1.C=C1NC(=O)CCC1N(C)C1CC(=O)N(c2ccccc2)C1.C=C1NC(=O)CCC1N(C)C1CCN(C)C(=O)C1.C=C1NC(=O)CCC1N(C)C1CN(C)C1.C=C1NC(=O)CCC1N(C)CC(N)=O.C=C1NC(=O)CCC1Nc1nc2ccccc2n1C.Cn1ccc2ccc(NC3CCC(=O)NC3=O)cc21. The maximum atomic E-state index is 12.3. The van der Waals surface area contributed by atoms with Gasteiger partial charge >= 0.3 is 0 Å². The number of hydrogen-bond donors (Lipinski definition) is 10. The normalized spacial score (nSPS) is 25.0. The number of likely N-dealkylation sites (N-methyl/N-ethyl adjacent to an activating group) is 7. The van der Waals surface area contributed by atoms with Crippen LogP contribution in [0.3, 0.4) is 0 Å². The first-order chi connectivity index (χ1) is 58.9. The van der Waals surface area contributed by atoms with Gasteiger partial charge in [-0.1, -0.05) is 75.9 Å². The van der Waals surface area contributed by atoms with Crippen LogP contribution in [0.25, 0.3) is 21.9 Å². The van der Waals surface area contributed by atoms with E-state index in [4.69, 9.17) is 5.73 Å². The molecule has 10 unspecified atom stereocenters. The standard InChI is InChI=1S/C17H21N3O2.C14H16N4O.C14H15N3O2.C13H21N3O2.C12H19N3O2.C11H19N3O.C9H15N3O2/c1-12-15(8-9-16(21)18-12)19(2)14-10-17(22)20(11-14)13-6-4-3-5-7-13;1-9-10(7-8-13(19)15-9)16-14-17-11-5-3-4-6-12(11)18(14)2;1-17-7-6-9-2-3-10(8-12(9)17)15-11-4-5-13(18)16-14(11)19;1-9-11(4-5-12(17)14-9)16(3)10-6-7-15(2)13(18)8-10;1-8-10(4-5-11(16)13-8)15(3)9-6-12(17)14(2)7-9;1-8-10(4-5-11(15)12-8)14(3)9-6-13(2)7-9;1-6-7(3-4-9(14)11-6)12(2)5-8(10)13/h3-7,14-15H,1,8-11H2,2H3,(H,18,21);3-6,10H,1,7-8H2,2H3,(H,15,19)(H,16,17);2-3,6-8,11,15H,4-5H2,1H3,(H,16,18,19);10-11H,1,4-8H2,2-3H3,(H,14,17);9-10H,1,4-7H2,2-3H3,(H,13,16);9-10H,1,4-7H2,2-3H3,(H,12,15);7H,1,3-5H2,2H3,(H2,10,13)(H,11,14). The molecule has 0 spiro atoms. The number of likely N-dealkylation sites (tertiary alicyclic amines) is 3. The first-order valence-electron chi connectivity index (χ1n) is 42.5. The number of fused-ring (bicyclic) bond motifs is 2. The fourth-order valence-electron chi connectivity index (χ4n) is 17.4. The summed E-state index contributed by atoms with van der Waals surface area (Å²) in [6, 6.07) is 27.4. The van der Waals surface area contributed by atoms with E-state index < -0.39 is 0 Å². The number of nitrogens with zero attached hydrogens (tertiary/aromatic N) is 12. The summed E-state index contributed by atoms with van der Waals surface area (Å²) in [6.07, 6.45) is 13.4. The number of rotatable bonds is 16. The van der Waals surface area contributed by atoms with Crippen LogP contribution in [0.2, 0.25) is 0 Å². The number of imide groups is 1. The largest absolute Gasteiger partial charge is 0.374 e. The number of aryl methyl sites for hydroxylation is 2. The van der Waals surface area contributed by atoms with Crippen LogP contribution in [0.1, 0.15) is 116 Å². The molecular formula is C90H126N22O12. The molecule has 11 N–H and O–H groups in total. The van der Waals surface area contributed by atoms with E-state index in [0.717, 1.165) is 127 Å². The molecule has 11 fully saturated rings. The Morgan fingerprint density at radius 3 is 1.35 bits per heavy atom. The van der Waals surface area contributed by atoms with E-state index in [0.29, 0.717) is 107 Å². The van der Waals surface area contributed by atoms with Gasteiger partial charge in [-0.05, 0) is 142 Å². The minimum atomic E-state index is -0.378. The zero-order chi connectivity index (χ0) is 90.1. The summed E-state index contributed by atoms with van der Waals surface area (Å²) in [5.74, 6) is 0.753. The van der Waals surface area contributed by atoms with Gasteiger partial charge in [0.1, 0.15) is 6.04 Å². The lowest BCUT2D eigenvalue weighted by Crippen LogP contribution is -2.60. The topological polar surface area (TPSA) is 391 Å². The highest BCUT2D eigenvalue weighted by Crippen LogP contribution is 2.32. The summed E-state index contributed by atoms with van der Waals surface area (Å²) in [4.78, 5) is 159. The first kappa shape index (κ1) is 94.6. The number of piperidine rings is 8. The van der Waals surface area contributed by atoms with E-state index in [-0.39, 0.29) is 132 Å². The molecule has 0 bridgehead atoms. The Morgan fingerprint density at radius 1 is 0.444 bits per heavy atom. The first-order valence-corrected chi connectivity index (χ1v) is 42.5. The minimum Gasteiger partial charge on any atom is -0.374 e. The molecule has 13 heterocycles. The van der Waals surface area contributed by atoms with E-state index in [2.05, 4.69) is 131 Å². The predicted octanol–water partition coefficient (Wildman–Crippen LogP) is 4.18. The smallest absolute Gasteiger partial charge is 0.249 e. The number of nitrogens with two attached hydrogens (primary N) is 1. The Balaban J connectivity index is 0.000000152. The van der Waals surface area contributed by atoms with Gasteiger partial charge in [0, 0.05) is 231 Å². The third kappa shape index (κ3) is 25.1. The summed E-state index contributed by atoms with van der Waals surface area (Å²) in [5, 5.41) is 26.7. The second-order valence-electron chi connectivity index (χ2n) is 34.0. The number of benzene rings is 3. The van der Waals surface area contributed by atoms with Crippen molar-refractivity contribution in [2.45, 2.75) is 182 Å². The molecule has 11 aliphatic heterocycles. The molecule has 124 heavy (non-hydrogen) atoms. The fraction of sp³-hybridized carbons (Fsp3) is 0.500. The van der Waals surface area contributed by atoms with Crippen LogP contribution in [-0.2, 0) is 71.6 Å². The van der Waals surface area contributed by atoms with Gasteiger partial charge in [-0.2, -0.15) is 0 Å². The van der Waals surface area contributed by atoms with Crippen LogP contribution < -0.4 is 58.5 Å². The van der Waals surface area contributed by atoms with Gasteiger partial charge in [-0.3, -0.25) is 87.4 Å². The molecular weight excluding hydrogens is 1580 g/mol. The van der Waals surface area contributed by atoms with Crippen molar-refractivity contribution in [3.05, 3.63) is 159 Å². The van der Waals surface area contributed by atoms with Crippen molar-refractivity contribution >= 4 is 110 Å². The lowest BCUT2D eigenvalue weighted by molar-refractivity contribution is -0.135. The van der Waals surface area contributed by atoms with Crippen molar-refractivity contribution in [1.29, 1.82) is 0 Å². The summed E-state index contributed by atoms with van der Waals surface area (Å²) < 4.78 is 4.05. The average Bonchev–Trinajstić information content (AvgIpc) is 1.76. The predicted molar refractivity (Wildman–Crippen MR) is 477 cm³/mol. The number of para-hydroxylation sites is 3. The van der Waals surface area contributed by atoms with Gasteiger partial charge in [0.25, 0.3) is 0 Å². The summed E-state index contributed by atoms with van der Waals surface area (Å²) in [5.41, 5.74) is 14.5. The van der Waals surface area contributed by atoms with Crippen LogP contribution in [0.5, 0.6) is 0 Å². The van der Waals surface area contributed by atoms with Crippen LogP contribution in [0, 0.1) is 0 Å². The third-order valence-corrected chi connectivity index (χ3v) is 25.1. The molecule has 11 saturated heterocycles. The van der Waals surface area contributed by atoms with Crippen LogP contribution >= 0.6 is 0 Å². The number of anilines is 3. The molecule has 12 amide bonds. The number of imidazole rings is 1. The monoisotopic (exact) mass is 1710 g/mol. The minimum absolute atomic E-state index is 0.0141. The van der Waals surface area contributed by atoms with Gasteiger partial charge in [0.15, 0.2) is 0 Å². The molecule has 16 rings (SSSR count). The molecule has 34 heteroatoms. The number of hydrogen-bond acceptors (Lipinski definition) is 21. The van der Waals surface area contributed by atoms with Crippen LogP contribution in [0.15, 0.2) is 159 Å². The van der Waals surface area contributed by atoms with Gasteiger partial charge in [-0.15, -0.1) is 0 Å². The third-order valence-electron chi connectivity index (χ3n) is 25.1. The van der Waals surface area contributed by atoms with Crippen molar-refractivity contribution in [3.8, 4) is 0 Å². The number of carbonyl (C=O) groups excluding carboxylic acids is 12. The maximum Gasteiger partial charge on any atom is 0.249 e. The van der Waals surface area contributed by atoms with Crippen molar-refractivity contribution < 1.29 is 57.5 Å². The van der Waals surface area contributed by atoms with Gasteiger partial charge in [-0.25, -0.2) is 4.98 Å². The van der Waals surface area contributed by atoms with E-state index >= 15 is 0 Å². The Labute approximate surface area is 726 Å². The molecule has 0 aliphatic carbocycles. The van der Waals surface area contributed by atoms with E-state index in [1.54, 1.807) is 21.7 Å². The highest BCUT2D eigenvalue weighted by atomic mass is 16.2. The molecule has 3 aromatic carbocycles. The summed E-state index contributed by atoms with van der Waals surface area (Å²) in [6.45, 7) is 28.0. The Kier molecular flexibility index (Phi) is 32.9. The molecule has 5 aromatic rings. The van der Waals surface area contributed by atoms with Crippen molar-refractivity contribution in [2.75, 3.05) is 111 Å². The van der Waals surface area contributed by atoms with Crippen molar-refractivity contribution in [3.63, 3.8) is 0 Å². The zero-order valence-corrected chi connectivity index (χ0v) is 73.5. The number of nitrogens with one attached hydrogen (secondary N) is 9. The average molecular weight is 1710 g/mol. The molecule has 0 saturated carbocycles. The highest BCUT2D eigenvalue weighted by Gasteiger charge is 2.41. The maximum absolute atomic E-state index is 12.3. The number of amides is 12. The van der Waals surface area contributed by atoms with Gasteiger partial charge < -0.3 is 77.0 Å². The second-order valence-corrected chi connectivity index (χ2v) is 34.0. The number of primary amides is 1. The van der Waals surface area contributed by atoms with E-state index in [1.165, 1.54) is 0 Å². The zero-order valence-electron chi connectivity index (χ0n) is 73.5. The quantitative estimate of drug-likeness (QED) is 0.0619. The summed E-state index contributed by atoms with van der Waals surface area (Å²) in [7, 11) is 19.7. The van der Waals surface area contributed by atoms with Crippen molar-refractivity contribution in [1.82, 2.24) is 90.5 Å². The van der Waals surface area contributed by atoms with Gasteiger partial charge in [0.2, 0.25) is 76.8 Å². The Morgan fingerprint density at radius 2 is 0.879 bits per heavy atom. The molecule has 2 aromatic heterocycles. The lowest BCUT2D eigenvalue weighted by atomic mass is 9.96. The number of aromatic nitrogens is 3. The number of carbonyl (C=O) groups is 12. The van der Waals surface area contributed by atoms with E-state index in [1.807, 2.05) is 148 Å². The molecule has 11 aliphatic rings. The molecule has 668 valence electrons. The van der Waals surface area contributed by atoms with Gasteiger partial charge in [0.05, 0.1) is 29.7 Å². The molecule has 0 radical (unpaired) electrons. The highest BCUT2D eigenvalue weighted by molar-refractivity contribution is 6.02. The molecule has 34 nitrogen and oxygen atoms in total. The second kappa shape index (κ2) is 43.1. The fourth-order valence-corrected chi connectivity index (χ4v) is 17.4. The van der Waals surface area contributed by atoms with E-state index in [9.17, 15) is 57.5 Å². The Bertz CT molecular complexity index is 4860. The lowest BCUT2D eigenvalue weighted by Gasteiger charge is -2.46. The van der Waals surface area contributed by atoms with Crippen LogP contribution in [-0.4, -0.2) is 286 Å². The van der Waals surface area contributed by atoms with Crippen molar-refractivity contribution in [2.24, 2.45) is 19.8 Å². The molecule has 10 atom stereocenters.